The van der Waals surface area contributed by atoms with Crippen LogP contribution in [0.4, 0.5) is 5.69 Å². The highest BCUT2D eigenvalue weighted by atomic mass is 79.9. The molecule has 0 heterocycles. The van der Waals surface area contributed by atoms with Crippen LogP contribution in [0.1, 0.15) is 27.6 Å². The number of carbonyl (C=O) groups excluding carboxylic acids is 2. The van der Waals surface area contributed by atoms with Crippen molar-refractivity contribution in [1.82, 2.24) is 0 Å². The summed E-state index contributed by atoms with van der Waals surface area (Å²) in [5.41, 5.74) is -0.0728. The van der Waals surface area contributed by atoms with E-state index in [1.165, 1.54) is 13.0 Å². The molecule has 0 amide bonds. The lowest BCUT2D eigenvalue weighted by Crippen LogP contribution is -2.19. The molecule has 0 atom stereocenters. The van der Waals surface area contributed by atoms with Gasteiger partial charge in [-0.05, 0) is 28.9 Å². The summed E-state index contributed by atoms with van der Waals surface area (Å²) >= 11 is 8.75. The summed E-state index contributed by atoms with van der Waals surface area (Å²) in [5, 5.41) is 10.6. The Morgan fingerprint density at radius 3 is 2.33 bits per heavy atom. The number of benzene rings is 1. The molecule has 7 heteroatoms. The zero-order valence-electron chi connectivity index (χ0n) is 8.99. The molecule has 2 rings (SSSR count). The highest BCUT2D eigenvalue weighted by molar-refractivity contribution is 9.10. The average Bonchev–Trinajstić information content (AvgIpc) is 2.33. The van der Waals surface area contributed by atoms with Gasteiger partial charge >= 0.3 is 0 Å². The Labute approximate surface area is 115 Å². The number of ketones is 2. The highest BCUT2D eigenvalue weighted by Gasteiger charge is 2.31. The van der Waals surface area contributed by atoms with Crippen molar-refractivity contribution in [1.29, 1.82) is 0 Å². The Kier molecular flexibility index (Phi) is 3.08. The monoisotopic (exact) mass is 329 g/mol. The maximum Gasteiger partial charge on any atom is 0.284 e. The topological polar surface area (TPSA) is 77.3 Å². The maximum atomic E-state index is 11.9. The van der Waals surface area contributed by atoms with E-state index < -0.39 is 16.5 Å². The third-order valence-electron chi connectivity index (χ3n) is 2.64. The minimum Gasteiger partial charge on any atom is -0.289 e. The maximum absolute atomic E-state index is 11.9. The fourth-order valence-electron chi connectivity index (χ4n) is 1.67. The van der Waals surface area contributed by atoms with Crippen LogP contribution < -0.4 is 0 Å². The summed E-state index contributed by atoms with van der Waals surface area (Å²) in [6.07, 6.45) is 0. The van der Waals surface area contributed by atoms with Gasteiger partial charge in [0.15, 0.2) is 5.78 Å². The lowest BCUT2D eigenvalue weighted by atomic mass is 9.89. The van der Waals surface area contributed by atoms with Crippen LogP contribution in [0, 0.1) is 10.1 Å². The van der Waals surface area contributed by atoms with Gasteiger partial charge in [-0.3, -0.25) is 19.7 Å². The largest absolute Gasteiger partial charge is 0.289 e. The molecule has 5 nitrogen and oxygen atoms in total. The Morgan fingerprint density at radius 2 is 1.78 bits per heavy atom. The van der Waals surface area contributed by atoms with Crippen LogP contribution in [-0.4, -0.2) is 16.5 Å². The second kappa shape index (κ2) is 4.29. The van der Waals surface area contributed by atoms with Crippen LogP contribution in [0.3, 0.4) is 0 Å². The fourth-order valence-corrected chi connectivity index (χ4v) is 2.34. The van der Waals surface area contributed by atoms with E-state index in [1.54, 1.807) is 0 Å². The molecule has 1 aromatic rings. The number of halogens is 2. The van der Waals surface area contributed by atoms with Crippen molar-refractivity contribution in [2.75, 3.05) is 0 Å². The molecule has 18 heavy (non-hydrogen) atoms. The van der Waals surface area contributed by atoms with Gasteiger partial charge in [0.25, 0.3) is 5.69 Å². The molecule has 0 aliphatic heterocycles. The predicted molar refractivity (Wildman–Crippen MR) is 68.0 cm³/mol. The number of hydrogen-bond donors (Lipinski definition) is 0. The zero-order valence-corrected chi connectivity index (χ0v) is 11.3. The van der Waals surface area contributed by atoms with Gasteiger partial charge in [0.2, 0.25) is 5.78 Å². The molecule has 0 saturated carbocycles. The van der Waals surface area contributed by atoms with E-state index in [4.69, 9.17) is 11.6 Å². The fraction of sp³-hybridized carbons (Fsp3) is 0.0909. The average molecular weight is 331 g/mol. The van der Waals surface area contributed by atoms with Gasteiger partial charge in [-0.2, -0.15) is 0 Å². The third-order valence-corrected chi connectivity index (χ3v) is 3.73. The summed E-state index contributed by atoms with van der Waals surface area (Å²) in [6, 6.07) is 2.34. The minimum atomic E-state index is -0.628. The number of carbonyl (C=O) groups is 2. The molecule has 0 spiro atoms. The molecule has 1 aliphatic rings. The van der Waals surface area contributed by atoms with Crippen molar-refractivity contribution in [2.45, 2.75) is 6.92 Å². The summed E-state index contributed by atoms with van der Waals surface area (Å²) in [6.45, 7) is 1.42. The molecular weight excluding hydrogens is 325 g/mol. The van der Waals surface area contributed by atoms with E-state index in [2.05, 4.69) is 15.9 Å². The number of fused-ring (bicyclic) bond motifs is 1. The lowest BCUT2D eigenvalue weighted by molar-refractivity contribution is -0.385. The Morgan fingerprint density at radius 1 is 1.22 bits per heavy atom. The SMILES string of the molecule is CC1=C(Cl)C(=O)c2cc(Br)c([N+](=O)[O-])cc2C1=O. The first-order chi connectivity index (χ1) is 8.34. The van der Waals surface area contributed by atoms with E-state index in [0.717, 1.165) is 6.07 Å². The minimum absolute atomic E-state index is 0.0109. The van der Waals surface area contributed by atoms with Crippen LogP contribution in [0.2, 0.25) is 0 Å². The molecule has 0 saturated heterocycles. The van der Waals surface area contributed by atoms with Crippen LogP contribution >= 0.6 is 27.5 Å². The Bertz CT molecular complexity index is 651. The zero-order chi connectivity index (χ0) is 13.6. The van der Waals surface area contributed by atoms with E-state index >= 15 is 0 Å². The van der Waals surface area contributed by atoms with Crippen LogP contribution in [0.15, 0.2) is 27.2 Å². The smallest absolute Gasteiger partial charge is 0.284 e. The molecule has 0 unspecified atom stereocenters. The number of hydrogen-bond acceptors (Lipinski definition) is 4. The van der Waals surface area contributed by atoms with Crippen molar-refractivity contribution in [3.05, 3.63) is 48.5 Å². The normalized spacial score (nSPS) is 14.8. The van der Waals surface area contributed by atoms with Gasteiger partial charge in [-0.15, -0.1) is 0 Å². The molecule has 1 aliphatic carbocycles. The first-order valence-electron chi connectivity index (χ1n) is 4.78. The highest BCUT2D eigenvalue weighted by Crippen LogP contribution is 2.35. The quantitative estimate of drug-likeness (QED) is 0.585. The van der Waals surface area contributed by atoms with Crippen molar-refractivity contribution < 1.29 is 14.5 Å². The van der Waals surface area contributed by atoms with Gasteiger partial charge in [0.1, 0.15) is 0 Å². The van der Waals surface area contributed by atoms with Crippen LogP contribution in [-0.2, 0) is 0 Å². The van der Waals surface area contributed by atoms with Gasteiger partial charge in [-0.25, -0.2) is 0 Å². The Hall–Kier alpha value is -1.53. The van der Waals surface area contributed by atoms with Crippen molar-refractivity contribution in [3.63, 3.8) is 0 Å². The van der Waals surface area contributed by atoms with Crippen LogP contribution in [0.5, 0.6) is 0 Å². The number of nitrogens with zero attached hydrogens (tertiary/aromatic N) is 1. The van der Waals surface area contributed by atoms with Gasteiger partial charge in [-0.1, -0.05) is 11.6 Å². The molecular formula is C11H5BrClNO4. The number of nitro groups is 1. The van der Waals surface area contributed by atoms with Crippen LogP contribution in [0.25, 0.3) is 0 Å². The molecule has 92 valence electrons. The summed E-state index contributed by atoms with van der Waals surface area (Å²) in [7, 11) is 0. The van der Waals surface area contributed by atoms with E-state index in [0.29, 0.717) is 0 Å². The van der Waals surface area contributed by atoms with E-state index in [9.17, 15) is 19.7 Å². The van der Waals surface area contributed by atoms with Crippen molar-refractivity contribution in [2.24, 2.45) is 0 Å². The molecule has 0 radical (unpaired) electrons. The number of nitro benzene ring substituents is 1. The second-order valence-electron chi connectivity index (χ2n) is 3.70. The molecule has 0 aromatic heterocycles. The summed E-state index contributed by atoms with van der Waals surface area (Å²) in [5.74, 6) is -0.968. The number of Topliss-reactive ketones (excluding diaryl/α,β-unsaturated/α-hetero) is 2. The van der Waals surface area contributed by atoms with Crippen molar-refractivity contribution >= 4 is 44.8 Å². The molecule has 0 fully saturated rings. The first-order valence-corrected chi connectivity index (χ1v) is 5.95. The summed E-state index contributed by atoms with van der Waals surface area (Å²) < 4.78 is 0.136. The lowest BCUT2D eigenvalue weighted by Gasteiger charge is -2.15. The standard InChI is InChI=1S/C11H5BrClNO4/c1-4-9(13)11(16)5-2-7(12)8(14(17)18)3-6(5)10(4)15/h2-3H,1H3. The molecule has 1 aromatic carbocycles. The molecule has 0 N–H and O–H groups in total. The first kappa shape index (κ1) is 12.9. The van der Waals surface area contributed by atoms with E-state index in [-0.39, 0.29) is 31.9 Å². The van der Waals surface area contributed by atoms with E-state index in [1.807, 2.05) is 0 Å². The predicted octanol–water partition coefficient (Wildman–Crippen LogP) is 3.25. The van der Waals surface area contributed by atoms with Gasteiger partial charge in [0, 0.05) is 22.8 Å². The molecule has 0 bridgehead atoms. The number of rotatable bonds is 1. The number of allylic oxidation sites excluding steroid dienone is 2. The summed E-state index contributed by atoms with van der Waals surface area (Å²) in [4.78, 5) is 34.0. The second-order valence-corrected chi connectivity index (χ2v) is 4.94. The van der Waals surface area contributed by atoms with Crippen molar-refractivity contribution in [3.8, 4) is 0 Å². The van der Waals surface area contributed by atoms with Gasteiger partial charge in [0.05, 0.1) is 14.4 Å². The van der Waals surface area contributed by atoms with Gasteiger partial charge < -0.3 is 0 Å². The Balaban J connectivity index is 2.76. The third kappa shape index (κ3) is 1.77.